The summed E-state index contributed by atoms with van der Waals surface area (Å²) < 4.78 is 12.8. The number of hydrogen-bond donors (Lipinski definition) is 0. The SMILES string of the molecule is Cc1c(-n2ccc(OCc3ccccc3)cc2=O)oc2c(Cl)cccc2c1=O. The molecule has 0 aliphatic heterocycles. The number of para-hydroxylation sites is 1. The molecule has 0 N–H and O–H groups in total. The smallest absolute Gasteiger partial charge is 0.261 e. The molecule has 2 aromatic heterocycles. The Labute approximate surface area is 165 Å². The number of fused-ring (bicyclic) bond motifs is 1. The second kappa shape index (κ2) is 7.37. The van der Waals surface area contributed by atoms with Crippen molar-refractivity contribution in [1.82, 2.24) is 4.57 Å². The lowest BCUT2D eigenvalue weighted by Crippen LogP contribution is -2.20. The number of rotatable bonds is 4. The lowest BCUT2D eigenvalue weighted by atomic mass is 10.1. The molecule has 0 spiro atoms. The number of benzene rings is 2. The number of hydrogen-bond acceptors (Lipinski definition) is 4. The molecule has 140 valence electrons. The van der Waals surface area contributed by atoms with Gasteiger partial charge in [0, 0.05) is 12.3 Å². The van der Waals surface area contributed by atoms with E-state index < -0.39 is 0 Å². The third kappa shape index (κ3) is 3.32. The normalized spacial score (nSPS) is 10.9. The van der Waals surface area contributed by atoms with Gasteiger partial charge in [0.1, 0.15) is 12.4 Å². The Bertz CT molecular complexity index is 1280. The first-order chi connectivity index (χ1) is 13.5. The van der Waals surface area contributed by atoms with Gasteiger partial charge in [-0.25, -0.2) is 0 Å². The standard InChI is InChI=1S/C22H16ClNO4/c1-14-20(26)17-8-5-9-18(23)21(17)28-22(14)24-11-10-16(12-19(24)25)27-13-15-6-3-2-4-7-15/h2-12H,13H2,1H3. The highest BCUT2D eigenvalue weighted by Gasteiger charge is 2.15. The van der Waals surface area contributed by atoms with Gasteiger partial charge in [-0.1, -0.05) is 48.0 Å². The van der Waals surface area contributed by atoms with E-state index in [9.17, 15) is 9.59 Å². The predicted molar refractivity (Wildman–Crippen MR) is 109 cm³/mol. The van der Waals surface area contributed by atoms with Crippen LogP contribution < -0.4 is 15.7 Å². The van der Waals surface area contributed by atoms with Crippen molar-refractivity contribution in [2.75, 3.05) is 0 Å². The maximum Gasteiger partial charge on any atom is 0.261 e. The van der Waals surface area contributed by atoms with Crippen LogP contribution in [0.2, 0.25) is 5.02 Å². The van der Waals surface area contributed by atoms with Gasteiger partial charge in [0.25, 0.3) is 5.56 Å². The van der Waals surface area contributed by atoms with Gasteiger partial charge >= 0.3 is 0 Å². The average Bonchev–Trinajstić information content (AvgIpc) is 2.71. The Balaban J connectivity index is 1.72. The fourth-order valence-electron chi connectivity index (χ4n) is 2.95. The summed E-state index contributed by atoms with van der Waals surface area (Å²) in [7, 11) is 0. The molecular weight excluding hydrogens is 378 g/mol. The highest BCUT2D eigenvalue weighted by Crippen LogP contribution is 2.25. The van der Waals surface area contributed by atoms with Crippen molar-refractivity contribution in [1.29, 1.82) is 0 Å². The number of pyridine rings is 1. The lowest BCUT2D eigenvalue weighted by molar-refractivity contribution is 0.305. The molecule has 0 unspecified atom stereocenters. The molecule has 0 aliphatic carbocycles. The van der Waals surface area contributed by atoms with Gasteiger partial charge in [-0.3, -0.25) is 14.2 Å². The van der Waals surface area contributed by atoms with Crippen LogP contribution in [0.4, 0.5) is 0 Å². The van der Waals surface area contributed by atoms with Crippen molar-refractivity contribution in [3.05, 3.63) is 104 Å². The maximum absolute atomic E-state index is 12.7. The number of halogens is 1. The molecule has 4 rings (SSSR count). The Hall–Kier alpha value is -3.31. The van der Waals surface area contributed by atoms with E-state index in [0.29, 0.717) is 28.3 Å². The number of aromatic nitrogens is 1. The van der Waals surface area contributed by atoms with Gasteiger partial charge in [-0.15, -0.1) is 0 Å². The molecule has 0 atom stereocenters. The third-order valence-corrected chi connectivity index (χ3v) is 4.73. The van der Waals surface area contributed by atoms with Crippen molar-refractivity contribution in [2.45, 2.75) is 13.5 Å². The lowest BCUT2D eigenvalue weighted by Gasteiger charge is -2.11. The first-order valence-corrected chi connectivity index (χ1v) is 9.04. The van der Waals surface area contributed by atoms with E-state index in [1.165, 1.54) is 16.8 Å². The molecule has 2 aromatic carbocycles. The molecule has 0 saturated heterocycles. The summed E-state index contributed by atoms with van der Waals surface area (Å²) in [6, 6.07) is 17.6. The van der Waals surface area contributed by atoms with Crippen LogP contribution in [0.15, 0.2) is 80.9 Å². The summed E-state index contributed by atoms with van der Waals surface area (Å²) in [4.78, 5) is 25.3. The Morgan fingerprint density at radius 2 is 1.82 bits per heavy atom. The third-order valence-electron chi connectivity index (χ3n) is 4.43. The van der Waals surface area contributed by atoms with Gasteiger partial charge in [0.15, 0.2) is 11.0 Å². The van der Waals surface area contributed by atoms with E-state index in [-0.39, 0.29) is 22.5 Å². The molecule has 0 fully saturated rings. The predicted octanol–water partition coefficient (Wildman–Crippen LogP) is 4.48. The molecule has 0 aliphatic rings. The summed E-state index contributed by atoms with van der Waals surface area (Å²) in [6.45, 7) is 1.97. The largest absolute Gasteiger partial charge is 0.489 e. The van der Waals surface area contributed by atoms with E-state index >= 15 is 0 Å². The van der Waals surface area contributed by atoms with Crippen molar-refractivity contribution in [3.63, 3.8) is 0 Å². The van der Waals surface area contributed by atoms with Gasteiger partial charge < -0.3 is 9.15 Å². The van der Waals surface area contributed by atoms with Gasteiger partial charge in [0.05, 0.1) is 16.0 Å². The Kier molecular flexibility index (Phi) is 4.75. The fraction of sp³-hybridized carbons (Fsp3) is 0.0909. The van der Waals surface area contributed by atoms with Crippen molar-refractivity contribution < 1.29 is 9.15 Å². The zero-order valence-electron chi connectivity index (χ0n) is 15.0. The molecule has 5 nitrogen and oxygen atoms in total. The summed E-state index contributed by atoms with van der Waals surface area (Å²) in [5.41, 5.74) is 0.983. The molecule has 6 heteroatoms. The van der Waals surface area contributed by atoms with Crippen molar-refractivity contribution in [2.24, 2.45) is 0 Å². The Morgan fingerprint density at radius 1 is 1.04 bits per heavy atom. The topological polar surface area (TPSA) is 61.4 Å². The van der Waals surface area contributed by atoms with E-state index in [4.69, 9.17) is 20.8 Å². The highest BCUT2D eigenvalue weighted by molar-refractivity contribution is 6.34. The highest BCUT2D eigenvalue weighted by atomic mass is 35.5. The van der Waals surface area contributed by atoms with Crippen LogP contribution >= 0.6 is 11.6 Å². The van der Waals surface area contributed by atoms with Crippen LogP contribution in [0, 0.1) is 6.92 Å². The molecule has 0 amide bonds. The fourth-order valence-corrected chi connectivity index (χ4v) is 3.17. The summed E-state index contributed by atoms with van der Waals surface area (Å²) in [6.07, 6.45) is 1.52. The Morgan fingerprint density at radius 3 is 2.57 bits per heavy atom. The van der Waals surface area contributed by atoms with Crippen molar-refractivity contribution >= 4 is 22.6 Å². The van der Waals surface area contributed by atoms with Crippen LogP contribution in [0.1, 0.15) is 11.1 Å². The number of ether oxygens (including phenoxy) is 1. The van der Waals surface area contributed by atoms with E-state index in [1.807, 2.05) is 30.3 Å². The zero-order chi connectivity index (χ0) is 19.7. The quantitative estimate of drug-likeness (QED) is 0.512. The van der Waals surface area contributed by atoms with Crippen molar-refractivity contribution in [3.8, 4) is 11.6 Å². The minimum Gasteiger partial charge on any atom is -0.489 e. The minimum absolute atomic E-state index is 0.144. The van der Waals surface area contributed by atoms with Gasteiger partial charge in [-0.2, -0.15) is 0 Å². The molecule has 0 saturated carbocycles. The van der Waals surface area contributed by atoms with Crippen LogP contribution in [0.5, 0.6) is 5.75 Å². The van der Waals surface area contributed by atoms with Crippen LogP contribution in [-0.4, -0.2) is 4.57 Å². The van der Waals surface area contributed by atoms with Crippen LogP contribution in [-0.2, 0) is 6.61 Å². The summed E-state index contributed by atoms with van der Waals surface area (Å²) in [5, 5.41) is 0.691. The second-order valence-corrected chi connectivity index (χ2v) is 6.73. The van der Waals surface area contributed by atoms with E-state index in [1.54, 1.807) is 31.2 Å². The monoisotopic (exact) mass is 393 g/mol. The molecular formula is C22H16ClNO4. The first-order valence-electron chi connectivity index (χ1n) is 8.66. The van der Waals surface area contributed by atoms with Crippen LogP contribution in [0.3, 0.4) is 0 Å². The van der Waals surface area contributed by atoms with Gasteiger partial charge in [0.2, 0.25) is 5.88 Å². The summed E-state index contributed by atoms with van der Waals surface area (Å²) in [5.74, 6) is 0.578. The molecule has 2 heterocycles. The molecule has 4 aromatic rings. The second-order valence-electron chi connectivity index (χ2n) is 6.32. The summed E-state index contributed by atoms with van der Waals surface area (Å²) >= 11 is 6.17. The first kappa shape index (κ1) is 18.1. The minimum atomic E-state index is -0.372. The molecule has 0 radical (unpaired) electrons. The molecule has 28 heavy (non-hydrogen) atoms. The van der Waals surface area contributed by atoms with E-state index in [2.05, 4.69) is 0 Å². The van der Waals surface area contributed by atoms with Gasteiger partial charge in [-0.05, 0) is 30.7 Å². The molecule has 0 bridgehead atoms. The zero-order valence-corrected chi connectivity index (χ0v) is 15.8. The average molecular weight is 394 g/mol. The maximum atomic E-state index is 12.7. The van der Waals surface area contributed by atoms with Crippen LogP contribution in [0.25, 0.3) is 16.9 Å². The van der Waals surface area contributed by atoms with E-state index in [0.717, 1.165) is 5.56 Å². The number of nitrogens with zero attached hydrogens (tertiary/aromatic N) is 1.